The van der Waals surface area contributed by atoms with Crippen molar-refractivity contribution >= 4 is 11.7 Å². The van der Waals surface area contributed by atoms with Crippen molar-refractivity contribution in [3.8, 4) is 0 Å². The van der Waals surface area contributed by atoms with Gasteiger partial charge in [0.1, 0.15) is 0 Å². The minimum atomic E-state index is -4.38. The molecule has 0 spiro atoms. The van der Waals surface area contributed by atoms with Crippen LogP contribution in [0, 0.1) is 0 Å². The maximum atomic E-state index is 13.0. The molecule has 0 radical (unpaired) electrons. The van der Waals surface area contributed by atoms with Crippen LogP contribution in [0.3, 0.4) is 0 Å². The number of nitrogens with zero attached hydrogens (tertiary/aromatic N) is 2. The second-order valence-corrected chi connectivity index (χ2v) is 4.96. The highest BCUT2D eigenvalue weighted by Crippen LogP contribution is 2.36. The number of piperazine rings is 1. The molecule has 2 amide bonds. The number of rotatable bonds is 3. The number of hydrogen-bond donors (Lipinski definition) is 1. The molecular weight excluding hydrogens is 295 g/mol. The second-order valence-electron chi connectivity index (χ2n) is 4.96. The summed E-state index contributed by atoms with van der Waals surface area (Å²) in [5.41, 5.74) is -0.472. The Morgan fingerprint density at radius 3 is 2.45 bits per heavy atom. The van der Waals surface area contributed by atoms with E-state index in [2.05, 4.69) is 11.9 Å². The van der Waals surface area contributed by atoms with Crippen LogP contribution in [0.15, 0.2) is 36.9 Å². The van der Waals surface area contributed by atoms with Gasteiger partial charge < -0.3 is 15.1 Å². The zero-order valence-electron chi connectivity index (χ0n) is 12.1. The Bertz CT molecular complexity index is 537. The molecule has 0 atom stereocenters. The van der Waals surface area contributed by atoms with Crippen molar-refractivity contribution in [2.45, 2.75) is 6.18 Å². The lowest BCUT2D eigenvalue weighted by Crippen LogP contribution is -2.52. The van der Waals surface area contributed by atoms with Gasteiger partial charge in [0.15, 0.2) is 0 Å². The Balaban J connectivity index is 2.03. The fourth-order valence-electron chi connectivity index (χ4n) is 2.41. The first-order chi connectivity index (χ1) is 10.4. The van der Waals surface area contributed by atoms with Crippen LogP contribution in [0.1, 0.15) is 5.56 Å². The molecule has 1 fully saturated rings. The number of anilines is 1. The summed E-state index contributed by atoms with van der Waals surface area (Å²) in [7, 11) is 0. The van der Waals surface area contributed by atoms with Gasteiger partial charge in [0.2, 0.25) is 0 Å². The predicted molar refractivity (Wildman–Crippen MR) is 78.8 cm³/mol. The Morgan fingerprint density at radius 1 is 1.23 bits per heavy atom. The monoisotopic (exact) mass is 313 g/mol. The predicted octanol–water partition coefficient (Wildman–Crippen LogP) is 2.72. The fourth-order valence-corrected chi connectivity index (χ4v) is 2.41. The maximum Gasteiger partial charge on any atom is 0.418 e. The molecule has 0 aromatic heterocycles. The zero-order chi connectivity index (χ0) is 16.2. The van der Waals surface area contributed by atoms with Gasteiger partial charge in [-0.25, -0.2) is 4.79 Å². The van der Waals surface area contributed by atoms with Crippen molar-refractivity contribution in [1.82, 2.24) is 10.2 Å². The first-order valence-electron chi connectivity index (χ1n) is 6.98. The van der Waals surface area contributed by atoms with Crippen LogP contribution in [0.2, 0.25) is 0 Å². The van der Waals surface area contributed by atoms with E-state index in [4.69, 9.17) is 0 Å². The second kappa shape index (κ2) is 6.72. The molecule has 1 aliphatic heterocycles. The molecule has 0 bridgehead atoms. The van der Waals surface area contributed by atoms with Gasteiger partial charge in [-0.05, 0) is 12.1 Å². The van der Waals surface area contributed by atoms with Crippen LogP contribution in [-0.4, -0.2) is 43.7 Å². The van der Waals surface area contributed by atoms with Gasteiger partial charge in [-0.3, -0.25) is 0 Å². The lowest BCUT2D eigenvalue weighted by molar-refractivity contribution is -0.137. The van der Waals surface area contributed by atoms with E-state index in [0.717, 1.165) is 6.07 Å². The smallest absolute Gasteiger partial charge is 0.367 e. The molecule has 1 heterocycles. The number of benzene rings is 1. The fraction of sp³-hybridized carbons (Fsp3) is 0.400. The molecule has 1 aliphatic rings. The topological polar surface area (TPSA) is 35.6 Å². The lowest BCUT2D eigenvalue weighted by atomic mass is 10.1. The number of alkyl halides is 3. The number of para-hydroxylation sites is 1. The minimum absolute atomic E-state index is 0.168. The van der Waals surface area contributed by atoms with Gasteiger partial charge in [0.25, 0.3) is 0 Å². The number of nitrogens with one attached hydrogen (secondary N) is 1. The Kier molecular flexibility index (Phi) is 4.95. The first-order valence-corrected chi connectivity index (χ1v) is 6.98. The number of carbonyl (C=O) groups excluding carboxylic acids is 1. The number of hydrogen-bond acceptors (Lipinski definition) is 2. The highest BCUT2D eigenvalue weighted by molar-refractivity contribution is 5.74. The van der Waals surface area contributed by atoms with E-state index in [1.165, 1.54) is 12.1 Å². The third-order valence-electron chi connectivity index (χ3n) is 3.51. The summed E-state index contributed by atoms with van der Waals surface area (Å²) in [5.74, 6) is 0. The van der Waals surface area contributed by atoms with Gasteiger partial charge in [-0.1, -0.05) is 18.2 Å². The highest BCUT2D eigenvalue weighted by Gasteiger charge is 2.35. The normalized spacial score (nSPS) is 15.6. The molecule has 1 aromatic rings. The van der Waals surface area contributed by atoms with Crippen LogP contribution in [0.4, 0.5) is 23.7 Å². The molecule has 0 unspecified atom stereocenters. The van der Waals surface area contributed by atoms with E-state index in [0.29, 0.717) is 32.7 Å². The summed E-state index contributed by atoms with van der Waals surface area (Å²) >= 11 is 0. The molecular formula is C15H18F3N3O. The quantitative estimate of drug-likeness (QED) is 0.871. The summed E-state index contributed by atoms with van der Waals surface area (Å²) in [5, 5.41) is 2.66. The van der Waals surface area contributed by atoms with Crippen molar-refractivity contribution < 1.29 is 18.0 Å². The Hall–Kier alpha value is -2.18. The molecule has 0 aliphatic carbocycles. The number of halogens is 3. The van der Waals surface area contributed by atoms with E-state index in [-0.39, 0.29) is 11.7 Å². The van der Waals surface area contributed by atoms with Crippen LogP contribution in [0.25, 0.3) is 0 Å². The average molecular weight is 313 g/mol. The third kappa shape index (κ3) is 3.72. The van der Waals surface area contributed by atoms with Gasteiger partial charge in [-0.2, -0.15) is 13.2 Å². The molecule has 1 N–H and O–H groups in total. The number of carbonyl (C=O) groups is 1. The SMILES string of the molecule is C=CCNC(=O)N1CCN(c2ccccc2C(F)(F)F)CC1. The summed E-state index contributed by atoms with van der Waals surface area (Å²) in [6.45, 7) is 5.39. The van der Waals surface area contributed by atoms with Gasteiger partial charge in [0.05, 0.1) is 5.56 Å². The lowest BCUT2D eigenvalue weighted by Gasteiger charge is -2.37. The molecule has 120 valence electrons. The van der Waals surface area contributed by atoms with Crippen LogP contribution >= 0.6 is 0 Å². The number of amides is 2. The molecule has 4 nitrogen and oxygen atoms in total. The van der Waals surface area contributed by atoms with E-state index in [9.17, 15) is 18.0 Å². The third-order valence-corrected chi connectivity index (χ3v) is 3.51. The van der Waals surface area contributed by atoms with Crippen molar-refractivity contribution in [3.63, 3.8) is 0 Å². The van der Waals surface area contributed by atoms with Gasteiger partial charge in [0, 0.05) is 38.4 Å². The van der Waals surface area contributed by atoms with E-state index >= 15 is 0 Å². The molecule has 1 saturated heterocycles. The standard InChI is InChI=1S/C15H18F3N3O/c1-2-7-19-14(22)21-10-8-20(9-11-21)13-6-4-3-5-12(13)15(16,17)18/h2-6H,1,7-11H2,(H,19,22). The average Bonchev–Trinajstić information content (AvgIpc) is 2.52. The van der Waals surface area contributed by atoms with Gasteiger partial charge in [-0.15, -0.1) is 6.58 Å². The Labute approximate surface area is 127 Å². The van der Waals surface area contributed by atoms with Crippen LogP contribution in [0.5, 0.6) is 0 Å². The minimum Gasteiger partial charge on any atom is -0.367 e. The molecule has 1 aromatic carbocycles. The van der Waals surface area contributed by atoms with Crippen molar-refractivity contribution in [1.29, 1.82) is 0 Å². The van der Waals surface area contributed by atoms with Crippen molar-refractivity contribution in [2.24, 2.45) is 0 Å². The summed E-state index contributed by atoms with van der Waals surface area (Å²) < 4.78 is 39.1. The molecule has 2 rings (SSSR count). The maximum absolute atomic E-state index is 13.0. The number of urea groups is 1. The summed E-state index contributed by atoms with van der Waals surface area (Å²) in [4.78, 5) is 15.1. The first kappa shape index (κ1) is 16.2. The summed E-state index contributed by atoms with van der Waals surface area (Å²) in [6, 6.07) is 5.30. The zero-order valence-corrected chi connectivity index (χ0v) is 12.1. The van der Waals surface area contributed by atoms with E-state index in [1.807, 2.05) is 0 Å². The van der Waals surface area contributed by atoms with E-state index < -0.39 is 11.7 Å². The van der Waals surface area contributed by atoms with Crippen LogP contribution < -0.4 is 10.2 Å². The molecule has 0 saturated carbocycles. The van der Waals surface area contributed by atoms with Crippen molar-refractivity contribution in [2.75, 3.05) is 37.6 Å². The van der Waals surface area contributed by atoms with Crippen molar-refractivity contribution in [3.05, 3.63) is 42.5 Å². The largest absolute Gasteiger partial charge is 0.418 e. The molecule has 7 heteroatoms. The molecule has 22 heavy (non-hydrogen) atoms. The van der Waals surface area contributed by atoms with E-state index in [1.54, 1.807) is 21.9 Å². The summed E-state index contributed by atoms with van der Waals surface area (Å²) in [6.07, 6.45) is -2.80. The van der Waals surface area contributed by atoms with Crippen LogP contribution in [-0.2, 0) is 6.18 Å². The Morgan fingerprint density at radius 2 is 1.86 bits per heavy atom. The van der Waals surface area contributed by atoms with Gasteiger partial charge >= 0.3 is 12.2 Å². The highest BCUT2D eigenvalue weighted by atomic mass is 19.4.